The van der Waals surface area contributed by atoms with E-state index in [4.69, 9.17) is 0 Å². The zero-order valence-electron chi connectivity index (χ0n) is 21.1. The van der Waals surface area contributed by atoms with Gasteiger partial charge < -0.3 is 20.4 Å². The average molecular weight is 448 g/mol. The number of esters is 1. The van der Waals surface area contributed by atoms with Crippen LogP contribution in [0.2, 0.25) is 0 Å². The minimum Gasteiger partial charge on any atom is -0.464 e. The molecule has 7 heteroatoms. The highest BCUT2D eigenvalue weighted by atomic mass is 16.5. The Morgan fingerprint density at radius 3 is 1.97 bits per heavy atom. The third-order valence-corrected chi connectivity index (χ3v) is 4.11. The summed E-state index contributed by atoms with van der Waals surface area (Å²) in [6.45, 7) is 16.1. The largest absolute Gasteiger partial charge is 0.464 e. The third-order valence-electron chi connectivity index (χ3n) is 4.11. The van der Waals surface area contributed by atoms with E-state index in [0.29, 0.717) is 25.1 Å². The molecule has 0 bridgehead atoms. The molecule has 3 N–H and O–H groups in total. The number of nitrogens with one attached hydrogen (secondary N) is 3. The van der Waals surface area contributed by atoms with Gasteiger partial charge in [-0.25, -0.2) is 4.79 Å². The molecule has 0 radical (unpaired) electrons. The second-order valence-electron chi connectivity index (χ2n) is 6.17. The zero-order valence-corrected chi connectivity index (χ0v) is 21.1. The normalized spacial score (nSPS) is 8.91. The number of carbonyl (C=O) groups is 3. The summed E-state index contributed by atoms with van der Waals surface area (Å²) in [6, 6.07) is 8.07. The minimum atomic E-state index is -0.491. The van der Waals surface area contributed by atoms with Gasteiger partial charge in [-0.3, -0.25) is 9.59 Å². The summed E-state index contributed by atoms with van der Waals surface area (Å²) in [5.74, 6) is -0.527. The molecule has 0 aliphatic rings. The van der Waals surface area contributed by atoms with E-state index in [2.05, 4.69) is 20.4 Å². The van der Waals surface area contributed by atoms with Gasteiger partial charge in [-0.15, -0.1) is 0 Å². The number of H-pyrrole nitrogens is 1. The molecule has 0 aliphatic carbocycles. The number of aryl methyl sites for hydroxylation is 2. The van der Waals surface area contributed by atoms with Gasteiger partial charge in [-0.05, 0) is 30.5 Å². The number of aromatic amines is 1. The van der Waals surface area contributed by atoms with Crippen molar-refractivity contribution in [3.8, 4) is 0 Å². The predicted molar refractivity (Wildman–Crippen MR) is 132 cm³/mol. The molecule has 0 saturated heterocycles. The van der Waals surface area contributed by atoms with Gasteiger partial charge in [0.1, 0.15) is 5.69 Å². The Balaban J connectivity index is 0. The summed E-state index contributed by atoms with van der Waals surface area (Å²) in [6.07, 6.45) is 2.56. The molecular weight excluding hydrogens is 406 g/mol. The maximum absolute atomic E-state index is 11.3. The van der Waals surface area contributed by atoms with Gasteiger partial charge in [0, 0.05) is 25.6 Å². The fourth-order valence-electron chi connectivity index (χ4n) is 2.30. The number of ether oxygens (including phenoxy) is 1. The lowest BCUT2D eigenvalue weighted by Gasteiger charge is -2.06. The molecular formula is C25H41N3O4. The Bertz CT molecular complexity index is 813. The lowest BCUT2D eigenvalue weighted by molar-refractivity contribution is -0.121. The van der Waals surface area contributed by atoms with Crippen LogP contribution in [0.4, 0.5) is 5.69 Å². The van der Waals surface area contributed by atoms with Crippen LogP contribution in [-0.2, 0) is 20.9 Å². The van der Waals surface area contributed by atoms with Crippen LogP contribution in [0.3, 0.4) is 0 Å². The van der Waals surface area contributed by atoms with Crippen molar-refractivity contribution < 1.29 is 19.1 Å². The van der Waals surface area contributed by atoms with Crippen LogP contribution in [0.1, 0.15) is 81.6 Å². The SMILES string of the molecule is CC.CC.CCC(=O)NCc1ccccc1C.CCC(=O)Nc1c(C)c[nH]c1C(=O)OC. The average Bonchev–Trinajstić information content (AvgIpc) is 3.20. The topological polar surface area (TPSA) is 100 Å². The highest BCUT2D eigenvalue weighted by Gasteiger charge is 2.17. The van der Waals surface area contributed by atoms with Gasteiger partial charge in [0.15, 0.2) is 0 Å². The van der Waals surface area contributed by atoms with Crippen molar-refractivity contribution >= 4 is 23.5 Å². The van der Waals surface area contributed by atoms with Crippen molar-refractivity contribution in [3.63, 3.8) is 0 Å². The van der Waals surface area contributed by atoms with Crippen LogP contribution < -0.4 is 10.6 Å². The van der Waals surface area contributed by atoms with Gasteiger partial charge in [0.25, 0.3) is 0 Å². The summed E-state index contributed by atoms with van der Waals surface area (Å²) in [4.78, 5) is 36.3. The second kappa shape index (κ2) is 18.7. The van der Waals surface area contributed by atoms with E-state index in [1.165, 1.54) is 18.2 Å². The molecule has 0 fully saturated rings. The number of benzene rings is 1. The predicted octanol–water partition coefficient (Wildman–Crippen LogP) is 5.53. The summed E-state index contributed by atoms with van der Waals surface area (Å²) in [5, 5.41) is 5.50. The smallest absolute Gasteiger partial charge is 0.356 e. The molecule has 0 saturated carbocycles. The molecule has 0 aliphatic heterocycles. The number of anilines is 1. The Labute approximate surface area is 193 Å². The quantitative estimate of drug-likeness (QED) is 0.507. The van der Waals surface area contributed by atoms with E-state index in [1.54, 1.807) is 20.0 Å². The van der Waals surface area contributed by atoms with E-state index in [1.807, 2.05) is 65.8 Å². The monoisotopic (exact) mass is 447 g/mol. The number of methoxy groups -OCH3 is 1. The number of carbonyl (C=O) groups excluding carboxylic acids is 3. The van der Waals surface area contributed by atoms with E-state index in [0.717, 1.165) is 5.56 Å². The molecule has 2 rings (SSSR count). The maximum Gasteiger partial charge on any atom is 0.356 e. The van der Waals surface area contributed by atoms with Crippen LogP contribution >= 0.6 is 0 Å². The highest BCUT2D eigenvalue weighted by Crippen LogP contribution is 2.20. The van der Waals surface area contributed by atoms with E-state index >= 15 is 0 Å². The molecule has 1 aromatic heterocycles. The first-order valence-electron chi connectivity index (χ1n) is 11.2. The number of aromatic nitrogens is 1. The lowest BCUT2D eigenvalue weighted by Crippen LogP contribution is -2.21. The Hall–Kier alpha value is -3.09. The Morgan fingerprint density at radius 1 is 0.906 bits per heavy atom. The third kappa shape index (κ3) is 11.3. The second-order valence-corrected chi connectivity index (χ2v) is 6.17. The molecule has 0 spiro atoms. The Kier molecular flexibility index (Phi) is 18.1. The summed E-state index contributed by atoms with van der Waals surface area (Å²) in [7, 11) is 1.30. The first kappa shape index (κ1) is 31.1. The van der Waals surface area contributed by atoms with Crippen molar-refractivity contribution in [1.82, 2.24) is 10.3 Å². The van der Waals surface area contributed by atoms with Crippen molar-refractivity contribution in [1.29, 1.82) is 0 Å². The van der Waals surface area contributed by atoms with Crippen molar-refractivity contribution in [3.05, 3.63) is 52.8 Å². The number of rotatable bonds is 6. The fraction of sp³-hybridized carbons (Fsp3) is 0.480. The van der Waals surface area contributed by atoms with Crippen molar-refractivity contribution in [2.45, 2.75) is 74.8 Å². The van der Waals surface area contributed by atoms with Crippen molar-refractivity contribution in [2.24, 2.45) is 0 Å². The number of hydrogen-bond acceptors (Lipinski definition) is 4. The van der Waals surface area contributed by atoms with Gasteiger partial charge >= 0.3 is 5.97 Å². The molecule has 0 atom stereocenters. The first-order chi connectivity index (χ1) is 15.3. The Morgan fingerprint density at radius 2 is 1.47 bits per heavy atom. The van der Waals surface area contributed by atoms with Crippen LogP contribution in [0.15, 0.2) is 30.5 Å². The van der Waals surface area contributed by atoms with Gasteiger partial charge in [0.2, 0.25) is 11.8 Å². The van der Waals surface area contributed by atoms with Crippen molar-refractivity contribution in [2.75, 3.05) is 12.4 Å². The van der Waals surface area contributed by atoms with E-state index in [-0.39, 0.29) is 17.5 Å². The molecule has 1 aromatic carbocycles. The fourth-order valence-corrected chi connectivity index (χ4v) is 2.30. The number of amides is 2. The van der Waals surface area contributed by atoms with Gasteiger partial charge in [-0.2, -0.15) is 0 Å². The maximum atomic E-state index is 11.3. The van der Waals surface area contributed by atoms with E-state index in [9.17, 15) is 14.4 Å². The van der Waals surface area contributed by atoms with Crippen LogP contribution in [-0.4, -0.2) is 29.9 Å². The van der Waals surface area contributed by atoms with Gasteiger partial charge in [-0.1, -0.05) is 65.8 Å². The zero-order chi connectivity index (χ0) is 25.1. The summed E-state index contributed by atoms with van der Waals surface area (Å²) < 4.78 is 4.58. The minimum absolute atomic E-state index is 0.100. The number of hydrogen-bond donors (Lipinski definition) is 3. The molecule has 32 heavy (non-hydrogen) atoms. The highest BCUT2D eigenvalue weighted by molar-refractivity contribution is 6.01. The van der Waals surface area contributed by atoms with Crippen LogP contribution in [0.25, 0.3) is 0 Å². The van der Waals surface area contributed by atoms with E-state index < -0.39 is 5.97 Å². The molecule has 180 valence electrons. The molecule has 2 aromatic rings. The van der Waals surface area contributed by atoms with Crippen LogP contribution in [0.5, 0.6) is 0 Å². The standard InChI is InChI=1S/C11H15NO.C10H14N2O3.2C2H6/c1-3-11(13)12-8-10-7-5-4-6-9(10)2;1-4-7(13)12-8-6(2)5-11-9(8)10(14)15-3;2*1-2/h4-7H,3,8H2,1-2H3,(H,12,13);5,11H,4H2,1-3H3,(H,12,13);2*1-2H3. The summed E-state index contributed by atoms with van der Waals surface area (Å²) in [5.41, 5.74) is 3.98. The lowest BCUT2D eigenvalue weighted by atomic mass is 10.1. The molecule has 7 nitrogen and oxygen atoms in total. The van der Waals surface area contributed by atoms with Crippen LogP contribution in [0, 0.1) is 13.8 Å². The van der Waals surface area contributed by atoms with Gasteiger partial charge in [0.05, 0.1) is 12.8 Å². The molecule has 2 amide bonds. The molecule has 0 unspecified atom stereocenters. The molecule has 1 heterocycles. The summed E-state index contributed by atoms with van der Waals surface area (Å²) >= 11 is 0. The first-order valence-corrected chi connectivity index (χ1v) is 11.2.